The van der Waals surface area contributed by atoms with E-state index in [0.29, 0.717) is 17.5 Å². The SMILES string of the molecule is CC(C)C[C@H](NC(=O)[C@H](Cc1ccc(O)cc1)NC(=O)[C@H](Cc1ccc(O)cc1)NC(=O)CNC(=O)CNC(=O)[C@H](Cc1ccccc1)NC(=O)[C@@H](N)CS)C(=O)N1CCC[C@H]1C(=O)O. The summed E-state index contributed by atoms with van der Waals surface area (Å²) in [5.41, 5.74) is 7.53. The fourth-order valence-corrected chi connectivity index (χ4v) is 7.24. The lowest BCUT2D eigenvalue weighted by Gasteiger charge is -2.30. The van der Waals surface area contributed by atoms with Gasteiger partial charge in [-0.2, -0.15) is 12.6 Å². The molecule has 4 rings (SSSR count). The summed E-state index contributed by atoms with van der Waals surface area (Å²) in [7, 11) is 0. The molecule has 1 aliphatic rings. The number of carboxylic acid groups (broad SMARTS) is 1. The molecular weight excluding hydrogens is 861 g/mol. The molecule has 0 unspecified atom stereocenters. The van der Waals surface area contributed by atoms with E-state index in [0.717, 1.165) is 5.56 Å². The Kier molecular flexibility index (Phi) is 19.6. The molecule has 0 bridgehead atoms. The molecule has 350 valence electrons. The maximum Gasteiger partial charge on any atom is 0.326 e. The van der Waals surface area contributed by atoms with E-state index in [1.165, 1.54) is 41.3 Å². The van der Waals surface area contributed by atoms with Crippen molar-refractivity contribution < 1.29 is 53.7 Å². The highest BCUT2D eigenvalue weighted by Gasteiger charge is 2.39. The highest BCUT2D eigenvalue weighted by Crippen LogP contribution is 2.21. The third-order valence-electron chi connectivity index (χ3n) is 10.5. The van der Waals surface area contributed by atoms with Gasteiger partial charge >= 0.3 is 5.97 Å². The monoisotopic (exact) mass is 918 g/mol. The Labute approximate surface area is 382 Å². The minimum absolute atomic E-state index is 0.0288. The fraction of sp³-hybridized carbons (Fsp3) is 0.422. The molecule has 0 spiro atoms. The van der Waals surface area contributed by atoms with Gasteiger partial charge in [0.2, 0.25) is 41.4 Å². The van der Waals surface area contributed by atoms with Gasteiger partial charge in [0.25, 0.3) is 0 Å². The number of nitrogens with two attached hydrogens (primary N) is 1. The van der Waals surface area contributed by atoms with E-state index < -0.39 is 96.7 Å². The van der Waals surface area contributed by atoms with E-state index in [9.17, 15) is 53.7 Å². The number of nitrogens with one attached hydrogen (secondary N) is 6. The number of phenolic OH excluding ortho intramolecular Hbond substituents is 2. The van der Waals surface area contributed by atoms with Gasteiger partial charge < -0.3 is 57.9 Å². The molecule has 19 nitrogen and oxygen atoms in total. The Morgan fingerprint density at radius 1 is 0.646 bits per heavy atom. The highest BCUT2D eigenvalue weighted by molar-refractivity contribution is 7.80. The summed E-state index contributed by atoms with van der Waals surface area (Å²) in [5.74, 6) is -6.39. The lowest BCUT2D eigenvalue weighted by atomic mass is 9.99. The quantitative estimate of drug-likeness (QED) is 0.0546. The van der Waals surface area contributed by atoms with E-state index in [4.69, 9.17) is 5.73 Å². The minimum Gasteiger partial charge on any atom is -0.508 e. The number of aromatic hydroxyl groups is 2. The van der Waals surface area contributed by atoms with Crippen LogP contribution in [0.15, 0.2) is 78.9 Å². The van der Waals surface area contributed by atoms with Crippen molar-refractivity contribution in [2.75, 3.05) is 25.4 Å². The van der Waals surface area contributed by atoms with E-state index in [2.05, 4.69) is 44.5 Å². The minimum atomic E-state index is -1.36. The number of aliphatic carboxylic acids is 1. The molecule has 3 aromatic rings. The first-order chi connectivity index (χ1) is 30.9. The van der Waals surface area contributed by atoms with Gasteiger partial charge in [-0.1, -0.05) is 68.4 Å². The van der Waals surface area contributed by atoms with E-state index in [1.807, 2.05) is 13.8 Å². The molecule has 1 aliphatic heterocycles. The lowest BCUT2D eigenvalue weighted by molar-refractivity contribution is -0.149. The number of carbonyl (C=O) groups excluding carboxylic acids is 7. The molecule has 1 saturated heterocycles. The first-order valence-corrected chi connectivity index (χ1v) is 21.8. The normalized spacial score (nSPS) is 15.6. The van der Waals surface area contributed by atoms with Crippen LogP contribution in [-0.4, -0.2) is 129 Å². The molecule has 7 amide bonds. The summed E-state index contributed by atoms with van der Waals surface area (Å²) in [6.07, 6.45) is 0.732. The van der Waals surface area contributed by atoms with Crippen LogP contribution in [0, 0.1) is 5.92 Å². The van der Waals surface area contributed by atoms with Crippen LogP contribution in [0.2, 0.25) is 0 Å². The maximum absolute atomic E-state index is 14.2. The summed E-state index contributed by atoms with van der Waals surface area (Å²) in [6.45, 7) is 2.65. The van der Waals surface area contributed by atoms with Crippen LogP contribution in [-0.2, 0) is 57.6 Å². The van der Waals surface area contributed by atoms with Gasteiger partial charge in [0, 0.05) is 31.6 Å². The first-order valence-electron chi connectivity index (χ1n) is 21.2. The Balaban J connectivity index is 1.48. The third kappa shape index (κ3) is 16.4. The van der Waals surface area contributed by atoms with Gasteiger partial charge in [-0.3, -0.25) is 33.6 Å². The van der Waals surface area contributed by atoms with Crippen LogP contribution in [0.3, 0.4) is 0 Å². The van der Waals surface area contributed by atoms with Gasteiger partial charge in [0.1, 0.15) is 41.7 Å². The molecular formula is C45H58N8O11S. The summed E-state index contributed by atoms with van der Waals surface area (Å²) >= 11 is 4.03. The standard InChI is InChI=1S/C45H58N8O11S/c1-26(2)19-36(44(62)53-18-6-9-37(53)45(63)64)52-43(61)35(22-29-12-16-31(55)17-13-29)51-42(60)34(21-28-10-14-30(54)15-11-28)49-39(57)24-47-38(56)23-48-41(59)33(50-40(58)32(46)25-65)20-27-7-4-3-5-8-27/h3-5,7-8,10-17,26,32-37,54-55,65H,6,9,18-25,46H2,1-2H3,(H,47,56)(H,48,59)(H,49,57)(H,50,58)(H,51,60)(H,52,61)(H,63,64)/t32-,33-,34-,35-,36-,37-/m0/s1. The van der Waals surface area contributed by atoms with Crippen LogP contribution in [0.5, 0.6) is 11.5 Å². The average molecular weight is 919 g/mol. The average Bonchev–Trinajstić information content (AvgIpc) is 3.78. The van der Waals surface area contributed by atoms with Crippen molar-refractivity contribution in [1.29, 1.82) is 0 Å². The Morgan fingerprint density at radius 3 is 1.65 bits per heavy atom. The van der Waals surface area contributed by atoms with Crippen molar-refractivity contribution in [3.63, 3.8) is 0 Å². The number of hydrogen-bond acceptors (Lipinski definition) is 12. The molecule has 6 atom stereocenters. The van der Waals surface area contributed by atoms with Gasteiger partial charge in [0.05, 0.1) is 19.1 Å². The zero-order chi connectivity index (χ0) is 47.6. The van der Waals surface area contributed by atoms with Crippen LogP contribution in [0.25, 0.3) is 0 Å². The zero-order valence-electron chi connectivity index (χ0n) is 36.2. The molecule has 3 aromatic carbocycles. The molecule has 11 N–H and O–H groups in total. The number of benzene rings is 3. The topological polar surface area (TPSA) is 299 Å². The van der Waals surface area contributed by atoms with E-state index >= 15 is 0 Å². The first kappa shape index (κ1) is 51.0. The van der Waals surface area contributed by atoms with Gasteiger partial charge in [-0.05, 0) is 66.1 Å². The summed E-state index contributed by atoms with van der Waals surface area (Å²) in [5, 5.41) is 44.9. The molecule has 0 aliphatic carbocycles. The van der Waals surface area contributed by atoms with Gasteiger partial charge in [-0.15, -0.1) is 0 Å². The predicted molar refractivity (Wildman–Crippen MR) is 241 cm³/mol. The smallest absolute Gasteiger partial charge is 0.326 e. The summed E-state index contributed by atoms with van der Waals surface area (Å²) in [4.78, 5) is 107. The van der Waals surface area contributed by atoms with Crippen molar-refractivity contribution >= 4 is 59.9 Å². The van der Waals surface area contributed by atoms with Crippen LogP contribution in [0.4, 0.5) is 0 Å². The number of thiol groups is 1. The van der Waals surface area contributed by atoms with Crippen LogP contribution in [0.1, 0.15) is 49.8 Å². The van der Waals surface area contributed by atoms with Crippen molar-refractivity contribution in [2.24, 2.45) is 11.7 Å². The molecule has 1 fully saturated rings. The molecule has 20 heteroatoms. The van der Waals surface area contributed by atoms with Gasteiger partial charge in [0.15, 0.2) is 0 Å². The van der Waals surface area contributed by atoms with Crippen LogP contribution >= 0.6 is 12.6 Å². The van der Waals surface area contributed by atoms with Crippen molar-refractivity contribution in [3.05, 3.63) is 95.6 Å². The molecule has 0 aromatic heterocycles. The van der Waals surface area contributed by atoms with Crippen molar-refractivity contribution in [3.8, 4) is 11.5 Å². The number of rotatable bonds is 23. The summed E-state index contributed by atoms with van der Waals surface area (Å²) < 4.78 is 0. The second kappa shape index (κ2) is 25.0. The van der Waals surface area contributed by atoms with Crippen molar-refractivity contribution in [2.45, 2.75) is 88.6 Å². The molecule has 1 heterocycles. The molecule has 65 heavy (non-hydrogen) atoms. The number of hydrogen-bond donors (Lipinski definition) is 11. The number of carboxylic acids is 1. The Hall–Kier alpha value is -6.67. The third-order valence-corrected chi connectivity index (χ3v) is 10.9. The number of amides is 7. The number of likely N-dealkylation sites (tertiary alicyclic amines) is 1. The Morgan fingerprint density at radius 2 is 1.12 bits per heavy atom. The van der Waals surface area contributed by atoms with E-state index in [-0.39, 0.29) is 61.8 Å². The second-order valence-electron chi connectivity index (χ2n) is 16.2. The number of carbonyl (C=O) groups is 8. The fourth-order valence-electron chi connectivity index (χ4n) is 7.08. The Bertz CT molecular complexity index is 2130. The zero-order valence-corrected chi connectivity index (χ0v) is 37.1. The van der Waals surface area contributed by atoms with Gasteiger partial charge in [-0.25, -0.2) is 4.79 Å². The largest absolute Gasteiger partial charge is 0.508 e. The highest BCUT2D eigenvalue weighted by atomic mass is 32.1. The lowest BCUT2D eigenvalue weighted by Crippen LogP contribution is -2.59. The second-order valence-corrected chi connectivity index (χ2v) is 16.5. The molecule has 0 radical (unpaired) electrons. The number of phenols is 2. The maximum atomic E-state index is 14.2. The van der Waals surface area contributed by atoms with Crippen LogP contribution < -0.4 is 37.6 Å². The molecule has 0 saturated carbocycles. The predicted octanol–water partition coefficient (Wildman–Crippen LogP) is -0.324. The van der Waals surface area contributed by atoms with Crippen molar-refractivity contribution in [1.82, 2.24) is 36.8 Å². The van der Waals surface area contributed by atoms with E-state index in [1.54, 1.807) is 42.5 Å². The number of nitrogens with zero attached hydrogens (tertiary/aromatic N) is 1. The summed E-state index contributed by atoms with van der Waals surface area (Å²) in [6, 6.07) is 13.6.